The molecule has 17 heavy (non-hydrogen) atoms. The Bertz CT molecular complexity index is 174. The van der Waals surface area contributed by atoms with Gasteiger partial charge in [-0.25, -0.2) is 0 Å². The second kappa shape index (κ2) is 8.90. The van der Waals surface area contributed by atoms with Crippen molar-refractivity contribution in [1.82, 2.24) is 15.1 Å². The predicted molar refractivity (Wildman–Crippen MR) is 75.5 cm³/mol. The molecule has 0 aromatic rings. The summed E-state index contributed by atoms with van der Waals surface area (Å²) in [6, 6.07) is 0.753. The van der Waals surface area contributed by atoms with Gasteiger partial charge in [0.2, 0.25) is 0 Å². The lowest BCUT2D eigenvalue weighted by molar-refractivity contribution is 0.230. The molecule has 3 nitrogen and oxygen atoms in total. The molecule has 0 bridgehead atoms. The SMILES string of the molecule is CCN(CC)CCCN(CC)C[C@@H]1CCCN1. The highest BCUT2D eigenvalue weighted by Crippen LogP contribution is 2.07. The molecule has 1 aliphatic heterocycles. The highest BCUT2D eigenvalue weighted by atomic mass is 15.2. The number of nitrogens with zero attached hydrogens (tertiary/aromatic N) is 2. The molecule has 1 atom stereocenters. The van der Waals surface area contributed by atoms with E-state index in [1.165, 1.54) is 65.1 Å². The summed E-state index contributed by atoms with van der Waals surface area (Å²) in [6.07, 6.45) is 4.04. The first-order chi connectivity index (χ1) is 8.30. The summed E-state index contributed by atoms with van der Waals surface area (Å²) in [5.74, 6) is 0. The molecule has 1 fully saturated rings. The van der Waals surface area contributed by atoms with Gasteiger partial charge in [0.15, 0.2) is 0 Å². The third kappa shape index (κ3) is 5.84. The topological polar surface area (TPSA) is 18.5 Å². The van der Waals surface area contributed by atoms with Crippen LogP contribution in [-0.4, -0.2) is 61.7 Å². The average molecular weight is 241 g/mol. The summed E-state index contributed by atoms with van der Waals surface area (Å²) in [6.45, 7) is 15.3. The summed E-state index contributed by atoms with van der Waals surface area (Å²) in [5, 5.41) is 3.59. The molecule has 1 rings (SSSR count). The maximum Gasteiger partial charge on any atom is 0.0195 e. The third-order valence-corrected chi connectivity index (χ3v) is 3.93. The van der Waals surface area contributed by atoms with Gasteiger partial charge in [-0.3, -0.25) is 0 Å². The Morgan fingerprint density at radius 2 is 1.65 bits per heavy atom. The molecule has 0 unspecified atom stereocenters. The van der Waals surface area contributed by atoms with E-state index in [4.69, 9.17) is 0 Å². The Kier molecular flexibility index (Phi) is 7.82. The smallest absolute Gasteiger partial charge is 0.0195 e. The van der Waals surface area contributed by atoms with E-state index in [2.05, 4.69) is 35.9 Å². The Hall–Kier alpha value is -0.120. The summed E-state index contributed by atoms with van der Waals surface area (Å²) >= 11 is 0. The lowest BCUT2D eigenvalue weighted by Gasteiger charge is -2.25. The molecule has 0 spiro atoms. The van der Waals surface area contributed by atoms with Gasteiger partial charge in [0, 0.05) is 12.6 Å². The van der Waals surface area contributed by atoms with E-state index in [9.17, 15) is 0 Å². The van der Waals surface area contributed by atoms with Crippen molar-refractivity contribution in [1.29, 1.82) is 0 Å². The van der Waals surface area contributed by atoms with Crippen LogP contribution < -0.4 is 5.32 Å². The molecule has 102 valence electrons. The van der Waals surface area contributed by atoms with Crippen LogP contribution in [0, 0.1) is 0 Å². The van der Waals surface area contributed by atoms with Crippen molar-refractivity contribution in [3.05, 3.63) is 0 Å². The van der Waals surface area contributed by atoms with Crippen molar-refractivity contribution in [2.45, 2.75) is 46.1 Å². The molecular weight excluding hydrogens is 210 g/mol. The lowest BCUT2D eigenvalue weighted by atomic mass is 10.2. The van der Waals surface area contributed by atoms with Gasteiger partial charge in [0.05, 0.1) is 0 Å². The Morgan fingerprint density at radius 1 is 1.00 bits per heavy atom. The maximum atomic E-state index is 3.59. The van der Waals surface area contributed by atoms with Crippen LogP contribution in [0.4, 0.5) is 0 Å². The van der Waals surface area contributed by atoms with Crippen LogP contribution in [0.2, 0.25) is 0 Å². The molecule has 0 aromatic carbocycles. The van der Waals surface area contributed by atoms with E-state index in [0.29, 0.717) is 0 Å². The number of rotatable bonds is 9. The Morgan fingerprint density at radius 3 is 2.18 bits per heavy atom. The Labute approximate surface area is 108 Å². The van der Waals surface area contributed by atoms with Gasteiger partial charge in [-0.15, -0.1) is 0 Å². The van der Waals surface area contributed by atoms with Gasteiger partial charge in [-0.2, -0.15) is 0 Å². The van der Waals surface area contributed by atoms with Crippen LogP contribution in [0.5, 0.6) is 0 Å². The van der Waals surface area contributed by atoms with Gasteiger partial charge in [-0.1, -0.05) is 20.8 Å². The van der Waals surface area contributed by atoms with Crippen molar-refractivity contribution < 1.29 is 0 Å². The fourth-order valence-electron chi connectivity index (χ4n) is 2.66. The maximum absolute atomic E-state index is 3.59. The molecule has 1 heterocycles. The minimum Gasteiger partial charge on any atom is -0.313 e. The quantitative estimate of drug-likeness (QED) is 0.664. The fraction of sp³-hybridized carbons (Fsp3) is 1.00. The van der Waals surface area contributed by atoms with Gasteiger partial charge >= 0.3 is 0 Å². The van der Waals surface area contributed by atoms with Crippen LogP contribution >= 0.6 is 0 Å². The van der Waals surface area contributed by atoms with Crippen molar-refractivity contribution in [3.8, 4) is 0 Å². The van der Waals surface area contributed by atoms with Gasteiger partial charge < -0.3 is 15.1 Å². The largest absolute Gasteiger partial charge is 0.313 e. The molecule has 0 amide bonds. The van der Waals surface area contributed by atoms with Crippen molar-refractivity contribution >= 4 is 0 Å². The van der Waals surface area contributed by atoms with E-state index in [1.54, 1.807) is 0 Å². The molecular formula is C14H31N3. The zero-order chi connectivity index (χ0) is 12.5. The molecule has 1 saturated heterocycles. The van der Waals surface area contributed by atoms with Gasteiger partial charge in [-0.05, 0) is 58.5 Å². The van der Waals surface area contributed by atoms with Crippen LogP contribution in [0.25, 0.3) is 0 Å². The summed E-state index contributed by atoms with van der Waals surface area (Å²) in [5.41, 5.74) is 0. The fourth-order valence-corrected chi connectivity index (χ4v) is 2.66. The van der Waals surface area contributed by atoms with Crippen molar-refractivity contribution in [2.24, 2.45) is 0 Å². The van der Waals surface area contributed by atoms with Crippen molar-refractivity contribution in [3.63, 3.8) is 0 Å². The molecule has 1 N–H and O–H groups in total. The van der Waals surface area contributed by atoms with Crippen LogP contribution in [-0.2, 0) is 0 Å². The van der Waals surface area contributed by atoms with Gasteiger partial charge in [0.1, 0.15) is 0 Å². The number of nitrogens with one attached hydrogen (secondary N) is 1. The first-order valence-corrected chi connectivity index (χ1v) is 7.48. The van der Waals surface area contributed by atoms with E-state index in [0.717, 1.165) is 6.04 Å². The van der Waals surface area contributed by atoms with Gasteiger partial charge in [0.25, 0.3) is 0 Å². The standard InChI is InChI=1S/C14H31N3/c1-4-16(5-2)11-8-12-17(6-3)13-14-9-7-10-15-14/h14-15H,4-13H2,1-3H3/t14-/m0/s1. The summed E-state index contributed by atoms with van der Waals surface area (Å²) in [4.78, 5) is 5.12. The highest BCUT2D eigenvalue weighted by molar-refractivity contribution is 4.77. The second-order valence-electron chi connectivity index (χ2n) is 5.07. The molecule has 3 heteroatoms. The zero-order valence-electron chi connectivity index (χ0n) is 12.0. The number of likely N-dealkylation sites (N-methyl/N-ethyl adjacent to an activating group) is 1. The minimum atomic E-state index is 0.753. The number of hydrogen-bond acceptors (Lipinski definition) is 3. The number of hydrogen-bond donors (Lipinski definition) is 1. The normalized spacial score (nSPS) is 20.6. The monoisotopic (exact) mass is 241 g/mol. The summed E-state index contributed by atoms with van der Waals surface area (Å²) in [7, 11) is 0. The third-order valence-electron chi connectivity index (χ3n) is 3.93. The zero-order valence-corrected chi connectivity index (χ0v) is 12.0. The molecule has 1 aliphatic rings. The van der Waals surface area contributed by atoms with E-state index in [1.807, 2.05) is 0 Å². The highest BCUT2D eigenvalue weighted by Gasteiger charge is 2.16. The molecule has 0 radical (unpaired) electrons. The predicted octanol–water partition coefficient (Wildman–Crippen LogP) is 1.79. The minimum absolute atomic E-state index is 0.753. The molecule has 0 aromatic heterocycles. The van der Waals surface area contributed by atoms with E-state index < -0.39 is 0 Å². The molecule has 0 saturated carbocycles. The lowest BCUT2D eigenvalue weighted by Crippen LogP contribution is -2.38. The first-order valence-electron chi connectivity index (χ1n) is 7.48. The van der Waals surface area contributed by atoms with Crippen molar-refractivity contribution in [2.75, 3.05) is 45.8 Å². The van der Waals surface area contributed by atoms with Crippen LogP contribution in [0.15, 0.2) is 0 Å². The second-order valence-corrected chi connectivity index (χ2v) is 5.07. The first kappa shape index (κ1) is 14.9. The average Bonchev–Trinajstić information content (AvgIpc) is 2.86. The van der Waals surface area contributed by atoms with E-state index in [-0.39, 0.29) is 0 Å². The molecule has 0 aliphatic carbocycles. The van der Waals surface area contributed by atoms with Crippen LogP contribution in [0.1, 0.15) is 40.0 Å². The van der Waals surface area contributed by atoms with E-state index >= 15 is 0 Å². The van der Waals surface area contributed by atoms with Crippen LogP contribution in [0.3, 0.4) is 0 Å². The Balaban J connectivity index is 2.13. The summed E-state index contributed by atoms with van der Waals surface area (Å²) < 4.78 is 0.